The number of anilines is 1. The molecule has 3 rings (SSSR count). The molecule has 23 heavy (non-hydrogen) atoms. The molecule has 0 unspecified atom stereocenters. The summed E-state index contributed by atoms with van der Waals surface area (Å²) in [5.74, 6) is 0. The lowest BCUT2D eigenvalue weighted by Crippen LogP contribution is -2.14. The van der Waals surface area contributed by atoms with Crippen molar-refractivity contribution in [2.24, 2.45) is 0 Å². The molecule has 0 spiro atoms. The van der Waals surface area contributed by atoms with Gasteiger partial charge in [0, 0.05) is 11.9 Å². The summed E-state index contributed by atoms with van der Waals surface area (Å²) in [4.78, 5) is 12.9. The number of pyridine rings is 1. The van der Waals surface area contributed by atoms with Crippen LogP contribution in [0.15, 0.2) is 47.9 Å². The maximum absolute atomic E-state index is 12.4. The summed E-state index contributed by atoms with van der Waals surface area (Å²) in [6.45, 7) is 0.678. The normalized spacial score (nSPS) is 12.0. The third-order valence-corrected chi connectivity index (χ3v) is 4.55. The number of H-pyrrole nitrogens is 1. The number of nitrogens with zero attached hydrogens (tertiary/aromatic N) is 3. The van der Waals surface area contributed by atoms with Crippen molar-refractivity contribution in [1.29, 1.82) is 0 Å². The molecule has 0 radical (unpaired) electrons. The Hall–Kier alpha value is -2.45. The van der Waals surface area contributed by atoms with Gasteiger partial charge in [-0.05, 0) is 26.2 Å². The van der Waals surface area contributed by atoms with Gasteiger partial charge in [-0.3, -0.25) is 4.72 Å². The molecule has 0 aliphatic rings. The maximum atomic E-state index is 12.4. The van der Waals surface area contributed by atoms with Gasteiger partial charge < -0.3 is 9.88 Å². The molecule has 2 heterocycles. The van der Waals surface area contributed by atoms with Crippen molar-refractivity contribution in [2.45, 2.75) is 11.6 Å². The Bertz CT molecular complexity index is 920. The number of para-hydroxylation sites is 1. The van der Waals surface area contributed by atoms with Crippen molar-refractivity contribution in [3.05, 3.63) is 48.5 Å². The molecule has 2 aromatic heterocycles. The molecule has 0 aliphatic heterocycles. The van der Waals surface area contributed by atoms with Gasteiger partial charge in [0.15, 0.2) is 5.03 Å². The van der Waals surface area contributed by atoms with Crippen molar-refractivity contribution in [3.63, 3.8) is 0 Å². The minimum Gasteiger partial charge on any atom is -0.334 e. The first-order valence-corrected chi connectivity index (χ1v) is 8.48. The highest BCUT2D eigenvalue weighted by atomic mass is 32.2. The highest BCUT2D eigenvalue weighted by Gasteiger charge is 2.17. The number of sulfonamides is 1. The lowest BCUT2D eigenvalue weighted by molar-refractivity contribution is 0.397. The Kier molecular flexibility index (Phi) is 4.01. The predicted octanol–water partition coefficient (Wildman–Crippen LogP) is 1.82. The van der Waals surface area contributed by atoms with Gasteiger partial charge in [0.1, 0.15) is 0 Å². The zero-order valence-electron chi connectivity index (χ0n) is 12.8. The monoisotopic (exact) mass is 331 g/mol. The van der Waals surface area contributed by atoms with Crippen LogP contribution < -0.4 is 4.72 Å². The van der Waals surface area contributed by atoms with Crippen LogP contribution in [0.3, 0.4) is 0 Å². The molecule has 1 aromatic carbocycles. The predicted molar refractivity (Wildman–Crippen MR) is 88.5 cm³/mol. The van der Waals surface area contributed by atoms with Gasteiger partial charge in [0.05, 0.1) is 29.4 Å². The smallest absolute Gasteiger partial charge is 0.279 e. The maximum Gasteiger partial charge on any atom is 0.279 e. The largest absolute Gasteiger partial charge is 0.334 e. The number of fused-ring (bicyclic) bond motifs is 1. The highest BCUT2D eigenvalue weighted by Crippen LogP contribution is 2.24. The fourth-order valence-electron chi connectivity index (χ4n) is 2.27. The summed E-state index contributed by atoms with van der Waals surface area (Å²) >= 11 is 0. The van der Waals surface area contributed by atoms with Crippen LogP contribution in [0.5, 0.6) is 0 Å². The molecule has 7 nitrogen and oxygen atoms in total. The topological polar surface area (TPSA) is 91.0 Å². The van der Waals surface area contributed by atoms with Crippen molar-refractivity contribution in [3.8, 4) is 0 Å². The lowest BCUT2D eigenvalue weighted by Gasteiger charge is -2.12. The molecule has 0 aliphatic carbocycles. The molecule has 0 fully saturated rings. The minimum atomic E-state index is -3.72. The third-order valence-electron chi connectivity index (χ3n) is 3.26. The Morgan fingerprint density at radius 3 is 2.74 bits per heavy atom. The molecule has 0 saturated heterocycles. The molecule has 0 atom stereocenters. The third kappa shape index (κ3) is 3.33. The molecule has 0 bridgehead atoms. The van der Waals surface area contributed by atoms with E-state index in [2.05, 4.69) is 19.7 Å². The van der Waals surface area contributed by atoms with Crippen LogP contribution in [0, 0.1) is 0 Å². The van der Waals surface area contributed by atoms with E-state index in [0.29, 0.717) is 17.7 Å². The Labute approximate surface area is 134 Å². The van der Waals surface area contributed by atoms with Crippen LogP contribution in [0.1, 0.15) is 5.69 Å². The molecule has 8 heteroatoms. The second-order valence-electron chi connectivity index (χ2n) is 5.44. The fraction of sp³-hybridized carbons (Fsp3) is 0.200. The van der Waals surface area contributed by atoms with E-state index in [1.165, 1.54) is 12.5 Å². The summed E-state index contributed by atoms with van der Waals surface area (Å²) in [5, 5.41) is 0.885. The summed E-state index contributed by atoms with van der Waals surface area (Å²) in [6, 6.07) is 9.27. The average molecular weight is 331 g/mol. The van der Waals surface area contributed by atoms with Gasteiger partial charge in [0.2, 0.25) is 0 Å². The number of rotatable bonds is 5. The first-order chi connectivity index (χ1) is 11.0. The first kappa shape index (κ1) is 15.4. The van der Waals surface area contributed by atoms with E-state index in [1.54, 1.807) is 12.1 Å². The quantitative estimate of drug-likeness (QED) is 0.744. The Morgan fingerprint density at radius 1 is 1.22 bits per heavy atom. The van der Waals surface area contributed by atoms with E-state index in [-0.39, 0.29) is 5.03 Å². The van der Waals surface area contributed by atoms with Gasteiger partial charge in [-0.2, -0.15) is 8.42 Å². The summed E-state index contributed by atoms with van der Waals surface area (Å²) < 4.78 is 27.3. The van der Waals surface area contributed by atoms with Crippen LogP contribution in [0.25, 0.3) is 10.9 Å². The summed E-state index contributed by atoms with van der Waals surface area (Å²) in [5.41, 5.74) is 1.93. The number of hydrogen-bond donors (Lipinski definition) is 2. The molecule has 0 amide bonds. The van der Waals surface area contributed by atoms with Crippen molar-refractivity contribution >= 4 is 26.6 Å². The lowest BCUT2D eigenvalue weighted by atomic mass is 10.2. The summed E-state index contributed by atoms with van der Waals surface area (Å²) in [7, 11) is 0.198. The van der Waals surface area contributed by atoms with Crippen LogP contribution in [-0.4, -0.2) is 42.4 Å². The molecular weight excluding hydrogens is 314 g/mol. The van der Waals surface area contributed by atoms with E-state index in [1.807, 2.05) is 37.2 Å². The molecular formula is C15H17N5O2S. The number of nitrogens with one attached hydrogen (secondary N) is 2. The zero-order valence-corrected chi connectivity index (χ0v) is 13.6. The fourth-order valence-corrected chi connectivity index (χ4v) is 3.24. The Morgan fingerprint density at radius 2 is 2.04 bits per heavy atom. The van der Waals surface area contributed by atoms with E-state index >= 15 is 0 Å². The zero-order chi connectivity index (χ0) is 16.4. The van der Waals surface area contributed by atoms with Crippen LogP contribution in [0.2, 0.25) is 0 Å². The van der Waals surface area contributed by atoms with Crippen LogP contribution in [0.4, 0.5) is 5.69 Å². The van der Waals surface area contributed by atoms with E-state index in [4.69, 9.17) is 0 Å². The number of benzene rings is 1. The highest BCUT2D eigenvalue weighted by molar-refractivity contribution is 7.92. The Balaban J connectivity index is 2.03. The van der Waals surface area contributed by atoms with Gasteiger partial charge in [-0.25, -0.2) is 9.97 Å². The van der Waals surface area contributed by atoms with Crippen molar-refractivity contribution in [2.75, 3.05) is 18.8 Å². The molecule has 120 valence electrons. The van der Waals surface area contributed by atoms with Gasteiger partial charge in [-0.1, -0.05) is 18.2 Å². The van der Waals surface area contributed by atoms with Gasteiger partial charge >= 0.3 is 0 Å². The van der Waals surface area contributed by atoms with Gasteiger partial charge in [-0.15, -0.1) is 0 Å². The number of aromatic nitrogens is 3. The summed E-state index contributed by atoms with van der Waals surface area (Å²) in [6.07, 6.45) is 2.59. The number of hydrogen-bond acceptors (Lipinski definition) is 5. The minimum absolute atomic E-state index is 0.0129. The van der Waals surface area contributed by atoms with Crippen LogP contribution in [-0.2, 0) is 16.6 Å². The molecule has 2 N–H and O–H groups in total. The second-order valence-corrected chi connectivity index (χ2v) is 7.09. The number of imidazole rings is 1. The van der Waals surface area contributed by atoms with Crippen LogP contribution >= 0.6 is 0 Å². The van der Waals surface area contributed by atoms with Crippen molar-refractivity contribution in [1.82, 2.24) is 19.9 Å². The van der Waals surface area contributed by atoms with E-state index < -0.39 is 10.0 Å². The number of aromatic amines is 1. The average Bonchev–Trinajstić information content (AvgIpc) is 3.02. The molecule has 0 saturated carbocycles. The van der Waals surface area contributed by atoms with Crippen molar-refractivity contribution < 1.29 is 8.42 Å². The van der Waals surface area contributed by atoms with E-state index in [9.17, 15) is 8.42 Å². The van der Waals surface area contributed by atoms with E-state index in [0.717, 1.165) is 11.1 Å². The standard InChI is InChI=1S/C15H17N5O2S/c1-20(2)9-12-7-6-11-4-3-5-13(15(11)18-12)19-23(21,22)14-8-16-10-17-14/h3-8,10,19H,9H2,1-2H3,(H,16,17). The first-order valence-electron chi connectivity index (χ1n) is 7.00. The SMILES string of the molecule is CN(C)Cc1ccc2cccc(NS(=O)(=O)c3cnc[nH]3)c2n1. The molecule has 3 aromatic rings. The second kappa shape index (κ2) is 5.98. The van der Waals surface area contributed by atoms with Gasteiger partial charge in [0.25, 0.3) is 10.0 Å².